The average Bonchev–Trinajstić information content (AvgIpc) is 2.54. The fourth-order valence-corrected chi connectivity index (χ4v) is 1.36. The van der Waals surface area contributed by atoms with Gasteiger partial charge in [0.1, 0.15) is 0 Å². The summed E-state index contributed by atoms with van der Waals surface area (Å²) >= 11 is 0. The fourth-order valence-electron chi connectivity index (χ4n) is 1.36. The summed E-state index contributed by atoms with van der Waals surface area (Å²) in [6.45, 7) is 5.35. The first-order valence-electron chi connectivity index (χ1n) is 5.08. The summed E-state index contributed by atoms with van der Waals surface area (Å²) in [6.07, 6.45) is 5.16. The second-order valence-electron chi connectivity index (χ2n) is 4.53. The Bertz CT molecular complexity index is 236. The molecule has 2 N–H and O–H groups in total. The molecule has 3 heteroatoms. The number of carbonyl (C=O) groups is 1. The number of hydrogen-bond acceptors (Lipinski definition) is 2. The maximum Gasteiger partial charge on any atom is 0.224 e. The van der Waals surface area contributed by atoms with Crippen LogP contribution in [-0.4, -0.2) is 22.7 Å². The van der Waals surface area contributed by atoms with Gasteiger partial charge in [0.05, 0.1) is 11.6 Å². The number of aliphatic hydroxyl groups excluding tert-OH is 1. The smallest absolute Gasteiger partial charge is 0.224 e. The third-order valence-corrected chi connectivity index (χ3v) is 2.87. The lowest BCUT2D eigenvalue weighted by molar-refractivity contribution is -0.127. The van der Waals surface area contributed by atoms with Crippen molar-refractivity contribution in [3.8, 4) is 0 Å². The molecule has 0 aromatic heterocycles. The van der Waals surface area contributed by atoms with Crippen LogP contribution in [0, 0.1) is 5.92 Å². The second kappa shape index (κ2) is 4.13. The first-order valence-corrected chi connectivity index (χ1v) is 5.08. The zero-order valence-corrected chi connectivity index (χ0v) is 9.08. The summed E-state index contributed by atoms with van der Waals surface area (Å²) < 4.78 is 0. The Kier molecular flexibility index (Phi) is 3.32. The van der Waals surface area contributed by atoms with Crippen LogP contribution in [0.2, 0.25) is 0 Å². The van der Waals surface area contributed by atoms with E-state index in [1.54, 1.807) is 6.92 Å². The highest BCUT2D eigenvalue weighted by molar-refractivity contribution is 5.80. The van der Waals surface area contributed by atoms with Crippen molar-refractivity contribution in [3.63, 3.8) is 0 Å². The highest BCUT2D eigenvalue weighted by Gasteiger charge is 2.29. The van der Waals surface area contributed by atoms with E-state index in [4.69, 9.17) is 0 Å². The molecule has 0 aromatic carbocycles. The molecule has 1 aliphatic carbocycles. The van der Waals surface area contributed by atoms with Crippen molar-refractivity contribution in [2.45, 2.75) is 45.3 Å². The summed E-state index contributed by atoms with van der Waals surface area (Å²) in [5, 5.41) is 12.3. The van der Waals surface area contributed by atoms with Gasteiger partial charge in [-0.25, -0.2) is 0 Å². The lowest BCUT2D eigenvalue weighted by Gasteiger charge is -2.30. The topological polar surface area (TPSA) is 49.3 Å². The zero-order valence-electron chi connectivity index (χ0n) is 9.08. The molecule has 0 saturated heterocycles. The third-order valence-electron chi connectivity index (χ3n) is 2.87. The molecule has 0 saturated carbocycles. The van der Waals surface area contributed by atoms with Crippen molar-refractivity contribution >= 4 is 5.91 Å². The summed E-state index contributed by atoms with van der Waals surface area (Å²) in [6, 6.07) is 0. The molecule has 0 radical (unpaired) electrons. The lowest BCUT2D eigenvalue weighted by Crippen LogP contribution is -2.52. The maximum absolute atomic E-state index is 11.7. The molecule has 1 atom stereocenters. The van der Waals surface area contributed by atoms with Crippen LogP contribution >= 0.6 is 0 Å². The summed E-state index contributed by atoms with van der Waals surface area (Å²) in [5.74, 6) is 0.105. The molecule has 0 fully saturated rings. The first-order chi connectivity index (χ1) is 6.43. The molecule has 1 aliphatic rings. The van der Waals surface area contributed by atoms with Crippen molar-refractivity contribution < 1.29 is 9.90 Å². The van der Waals surface area contributed by atoms with Crippen LogP contribution in [0.25, 0.3) is 0 Å². The first kappa shape index (κ1) is 11.2. The normalized spacial score (nSPS) is 19.7. The maximum atomic E-state index is 11.7. The van der Waals surface area contributed by atoms with Gasteiger partial charge in [-0.15, -0.1) is 0 Å². The van der Waals surface area contributed by atoms with Gasteiger partial charge in [0.15, 0.2) is 0 Å². The van der Waals surface area contributed by atoms with Crippen LogP contribution in [0.4, 0.5) is 0 Å². The van der Waals surface area contributed by atoms with Gasteiger partial charge in [-0.05, 0) is 33.6 Å². The molecule has 14 heavy (non-hydrogen) atoms. The van der Waals surface area contributed by atoms with E-state index in [2.05, 4.69) is 5.32 Å². The van der Waals surface area contributed by atoms with Crippen LogP contribution < -0.4 is 5.32 Å². The molecule has 1 unspecified atom stereocenters. The van der Waals surface area contributed by atoms with E-state index in [0.29, 0.717) is 0 Å². The number of rotatable bonds is 3. The van der Waals surface area contributed by atoms with Crippen molar-refractivity contribution in [3.05, 3.63) is 12.2 Å². The molecule has 1 amide bonds. The van der Waals surface area contributed by atoms with Crippen LogP contribution in [0.15, 0.2) is 12.2 Å². The lowest BCUT2D eigenvalue weighted by atomic mass is 9.96. The van der Waals surface area contributed by atoms with Crippen LogP contribution in [0.1, 0.15) is 33.6 Å². The Morgan fingerprint density at radius 2 is 2.00 bits per heavy atom. The van der Waals surface area contributed by atoms with Crippen LogP contribution in [0.5, 0.6) is 0 Å². The Labute approximate surface area is 85.2 Å². The Morgan fingerprint density at radius 1 is 1.50 bits per heavy atom. The number of aliphatic hydroxyl groups is 1. The van der Waals surface area contributed by atoms with Gasteiger partial charge in [-0.3, -0.25) is 4.79 Å². The van der Waals surface area contributed by atoms with E-state index in [1.165, 1.54) is 0 Å². The van der Waals surface area contributed by atoms with E-state index < -0.39 is 11.6 Å². The highest BCUT2D eigenvalue weighted by Crippen LogP contribution is 2.19. The molecule has 0 aliphatic heterocycles. The van der Waals surface area contributed by atoms with Gasteiger partial charge in [0, 0.05) is 5.92 Å². The Morgan fingerprint density at radius 3 is 2.43 bits per heavy atom. The summed E-state index contributed by atoms with van der Waals surface area (Å²) in [4.78, 5) is 11.7. The van der Waals surface area contributed by atoms with E-state index in [9.17, 15) is 9.90 Å². The number of allylic oxidation sites excluding steroid dienone is 2. The largest absolute Gasteiger partial charge is 0.391 e. The summed E-state index contributed by atoms with van der Waals surface area (Å²) in [5.41, 5.74) is -0.542. The molecule has 0 heterocycles. The van der Waals surface area contributed by atoms with Gasteiger partial charge < -0.3 is 10.4 Å². The average molecular weight is 197 g/mol. The molecule has 0 aromatic rings. The minimum absolute atomic E-state index is 0.0425. The Hall–Kier alpha value is -0.830. The number of hydrogen-bond donors (Lipinski definition) is 2. The fraction of sp³-hybridized carbons (Fsp3) is 0.727. The quantitative estimate of drug-likeness (QED) is 0.668. The Balaban J connectivity index is 2.47. The van der Waals surface area contributed by atoms with Gasteiger partial charge >= 0.3 is 0 Å². The van der Waals surface area contributed by atoms with E-state index in [1.807, 2.05) is 26.0 Å². The summed E-state index contributed by atoms with van der Waals surface area (Å²) in [7, 11) is 0. The molecule has 0 bridgehead atoms. The predicted octanol–water partition coefficient (Wildman–Crippen LogP) is 1.23. The minimum atomic E-state index is -0.542. The van der Waals surface area contributed by atoms with Crippen LogP contribution in [0.3, 0.4) is 0 Å². The van der Waals surface area contributed by atoms with Crippen LogP contribution in [-0.2, 0) is 4.79 Å². The van der Waals surface area contributed by atoms with E-state index >= 15 is 0 Å². The second-order valence-corrected chi connectivity index (χ2v) is 4.53. The SMILES string of the molecule is CC(O)C(C)(C)NC(=O)C1CC=CC1. The molecule has 3 nitrogen and oxygen atoms in total. The van der Waals surface area contributed by atoms with Crippen molar-refractivity contribution in [1.82, 2.24) is 5.32 Å². The standard InChI is InChI=1S/C11H19NO2/c1-8(13)11(2,3)12-10(14)9-6-4-5-7-9/h4-5,8-9,13H,6-7H2,1-3H3,(H,12,14). The van der Waals surface area contributed by atoms with Gasteiger partial charge in [0.25, 0.3) is 0 Å². The van der Waals surface area contributed by atoms with Crippen molar-refractivity contribution in [2.75, 3.05) is 0 Å². The van der Waals surface area contributed by atoms with E-state index in [0.717, 1.165) is 12.8 Å². The van der Waals surface area contributed by atoms with Crippen molar-refractivity contribution in [2.24, 2.45) is 5.92 Å². The molecule has 0 spiro atoms. The monoisotopic (exact) mass is 197 g/mol. The van der Waals surface area contributed by atoms with Gasteiger partial charge in [-0.1, -0.05) is 12.2 Å². The van der Waals surface area contributed by atoms with Gasteiger partial charge in [0.2, 0.25) is 5.91 Å². The number of nitrogens with one attached hydrogen (secondary N) is 1. The minimum Gasteiger partial charge on any atom is -0.391 e. The van der Waals surface area contributed by atoms with Gasteiger partial charge in [-0.2, -0.15) is 0 Å². The molecule has 80 valence electrons. The molecule has 1 rings (SSSR count). The third kappa shape index (κ3) is 2.58. The zero-order chi connectivity index (χ0) is 10.8. The number of carbonyl (C=O) groups excluding carboxylic acids is 1. The van der Waals surface area contributed by atoms with Crippen molar-refractivity contribution in [1.29, 1.82) is 0 Å². The highest BCUT2D eigenvalue weighted by atomic mass is 16.3. The number of amides is 1. The molecular weight excluding hydrogens is 178 g/mol. The van der Waals surface area contributed by atoms with E-state index in [-0.39, 0.29) is 11.8 Å². The predicted molar refractivity (Wildman–Crippen MR) is 55.8 cm³/mol. The molecular formula is C11H19NO2.